The second kappa shape index (κ2) is 7.77. The third-order valence-electron chi connectivity index (χ3n) is 5.43. The van der Waals surface area contributed by atoms with Crippen molar-refractivity contribution < 1.29 is 23.0 Å². The van der Waals surface area contributed by atoms with Crippen molar-refractivity contribution in [3.8, 4) is 23.3 Å². The lowest BCUT2D eigenvalue weighted by atomic mass is 10.0. The van der Waals surface area contributed by atoms with E-state index < -0.39 is 17.7 Å². The van der Waals surface area contributed by atoms with Crippen molar-refractivity contribution in [3.63, 3.8) is 0 Å². The molecule has 10 heteroatoms. The molecule has 2 aromatic heterocycles. The number of rotatable bonds is 4. The third kappa shape index (κ3) is 3.54. The first-order valence-corrected chi connectivity index (χ1v) is 9.71. The van der Waals surface area contributed by atoms with Gasteiger partial charge in [0, 0.05) is 29.6 Å². The number of pyridine rings is 2. The number of nitrogens with one attached hydrogen (secondary N) is 2. The molecule has 3 atom stereocenters. The number of nitrogens with zero attached hydrogens (tertiary/aromatic N) is 3. The highest BCUT2D eigenvalue weighted by atomic mass is 19.1. The van der Waals surface area contributed by atoms with Gasteiger partial charge in [-0.3, -0.25) is 10.3 Å². The van der Waals surface area contributed by atoms with Crippen LogP contribution in [-0.4, -0.2) is 28.6 Å². The molecule has 5 rings (SSSR count). The minimum absolute atomic E-state index is 0.0821. The average Bonchev–Trinajstić information content (AvgIpc) is 3.50. The van der Waals surface area contributed by atoms with Gasteiger partial charge in [-0.15, -0.1) is 0 Å². The Morgan fingerprint density at radius 1 is 1.19 bits per heavy atom. The number of urea groups is 1. The first kappa shape index (κ1) is 19.7. The summed E-state index contributed by atoms with van der Waals surface area (Å²) in [7, 11) is 0. The summed E-state index contributed by atoms with van der Waals surface area (Å²) in [6.45, 7) is 0.201. The topological polar surface area (TPSA) is 109 Å². The van der Waals surface area contributed by atoms with Crippen molar-refractivity contribution in [1.29, 1.82) is 5.26 Å². The SMILES string of the molecule is N#Cc1ccncc1Oc1ccc(NC(=O)NC2[C@H]3COc4c(F)ccc(F)c4[C@@H]23)nc1. The van der Waals surface area contributed by atoms with Gasteiger partial charge in [-0.05, 0) is 30.3 Å². The van der Waals surface area contributed by atoms with E-state index in [1.807, 2.05) is 6.07 Å². The molecular weight excluding hydrogens is 420 g/mol. The molecule has 0 saturated heterocycles. The molecule has 1 unspecified atom stereocenters. The van der Waals surface area contributed by atoms with Crippen LogP contribution in [0.2, 0.25) is 0 Å². The number of carbonyl (C=O) groups is 1. The molecule has 2 aliphatic rings. The van der Waals surface area contributed by atoms with Gasteiger partial charge in [-0.2, -0.15) is 5.26 Å². The first-order valence-electron chi connectivity index (χ1n) is 9.71. The van der Waals surface area contributed by atoms with Gasteiger partial charge >= 0.3 is 6.03 Å². The largest absolute Gasteiger partial charge is 0.490 e. The second-order valence-corrected chi connectivity index (χ2v) is 7.36. The van der Waals surface area contributed by atoms with Crippen LogP contribution in [0.25, 0.3) is 0 Å². The number of ether oxygens (including phenoxy) is 2. The van der Waals surface area contributed by atoms with E-state index in [2.05, 4.69) is 20.6 Å². The van der Waals surface area contributed by atoms with Crippen molar-refractivity contribution in [2.45, 2.75) is 12.0 Å². The first-order chi connectivity index (χ1) is 15.5. The normalized spacial score (nSPS) is 20.1. The van der Waals surface area contributed by atoms with Crippen LogP contribution < -0.4 is 20.1 Å². The maximum Gasteiger partial charge on any atom is 0.320 e. The molecule has 32 heavy (non-hydrogen) atoms. The highest BCUT2D eigenvalue weighted by Gasteiger charge is 2.57. The van der Waals surface area contributed by atoms with E-state index >= 15 is 0 Å². The maximum absolute atomic E-state index is 14.2. The van der Waals surface area contributed by atoms with E-state index in [0.717, 1.165) is 12.1 Å². The standard InChI is InChI=1S/C22H15F2N5O3/c23-14-2-3-15(24)21-19(14)18-13(10-31-21)20(18)29-22(30)28-17-4-1-12(8-27-17)32-16-9-26-6-5-11(16)7-25/h1-6,8-9,13,18,20H,10H2,(H2,27,28,29,30)/t13-,18-,20?/m0/s1. The van der Waals surface area contributed by atoms with Gasteiger partial charge < -0.3 is 14.8 Å². The number of aromatic nitrogens is 2. The van der Waals surface area contributed by atoms with Gasteiger partial charge in [-0.1, -0.05) is 0 Å². The zero-order valence-electron chi connectivity index (χ0n) is 16.4. The Kier molecular flexibility index (Phi) is 4.78. The highest BCUT2D eigenvalue weighted by molar-refractivity contribution is 5.89. The van der Waals surface area contributed by atoms with E-state index in [9.17, 15) is 13.6 Å². The van der Waals surface area contributed by atoms with Gasteiger partial charge in [0.15, 0.2) is 17.3 Å². The van der Waals surface area contributed by atoms with Crippen molar-refractivity contribution in [3.05, 3.63) is 71.7 Å². The highest BCUT2D eigenvalue weighted by Crippen LogP contribution is 2.55. The second-order valence-electron chi connectivity index (χ2n) is 7.36. The number of anilines is 1. The van der Waals surface area contributed by atoms with E-state index in [1.54, 1.807) is 6.07 Å². The average molecular weight is 435 g/mol. The Hall–Kier alpha value is -4.26. The summed E-state index contributed by atoms with van der Waals surface area (Å²) in [5.74, 6) is -0.793. The molecule has 1 fully saturated rings. The van der Waals surface area contributed by atoms with Gasteiger partial charge in [-0.25, -0.2) is 18.6 Å². The summed E-state index contributed by atoms with van der Waals surface area (Å²) < 4.78 is 39.1. The molecular formula is C22H15F2N5O3. The minimum Gasteiger partial charge on any atom is -0.490 e. The number of halogens is 2. The zero-order chi connectivity index (χ0) is 22.2. The van der Waals surface area contributed by atoms with Crippen molar-refractivity contribution >= 4 is 11.8 Å². The molecule has 8 nitrogen and oxygen atoms in total. The Bertz CT molecular complexity index is 1250. The third-order valence-corrected chi connectivity index (χ3v) is 5.43. The van der Waals surface area contributed by atoms with Gasteiger partial charge in [0.25, 0.3) is 0 Å². The number of nitriles is 1. The molecule has 0 bridgehead atoms. The Balaban J connectivity index is 1.21. The van der Waals surface area contributed by atoms with Crippen LogP contribution in [0.3, 0.4) is 0 Å². The number of hydrogen-bond acceptors (Lipinski definition) is 6. The summed E-state index contributed by atoms with van der Waals surface area (Å²) in [4.78, 5) is 20.4. The van der Waals surface area contributed by atoms with E-state index in [1.165, 1.54) is 30.7 Å². The van der Waals surface area contributed by atoms with E-state index in [4.69, 9.17) is 14.7 Å². The van der Waals surface area contributed by atoms with Crippen LogP contribution in [0, 0.1) is 28.9 Å². The summed E-state index contributed by atoms with van der Waals surface area (Å²) in [5, 5.41) is 14.5. The maximum atomic E-state index is 14.2. The van der Waals surface area contributed by atoms with Crippen molar-refractivity contribution in [2.75, 3.05) is 11.9 Å². The van der Waals surface area contributed by atoms with Crippen LogP contribution in [-0.2, 0) is 0 Å². The van der Waals surface area contributed by atoms with Crippen LogP contribution in [0.5, 0.6) is 17.2 Å². The molecule has 1 aliphatic carbocycles. The number of benzene rings is 1. The summed E-state index contributed by atoms with van der Waals surface area (Å²) >= 11 is 0. The molecule has 3 heterocycles. The Labute approximate surface area is 180 Å². The summed E-state index contributed by atoms with van der Waals surface area (Å²) in [6.07, 6.45) is 4.30. The lowest BCUT2D eigenvalue weighted by Gasteiger charge is -2.16. The Morgan fingerprint density at radius 2 is 2.03 bits per heavy atom. The van der Waals surface area contributed by atoms with Crippen LogP contribution in [0.15, 0.2) is 48.9 Å². The molecule has 160 valence electrons. The fraction of sp³-hybridized carbons (Fsp3) is 0.182. The number of hydrogen-bond donors (Lipinski definition) is 2. The van der Waals surface area contributed by atoms with Crippen LogP contribution in [0.4, 0.5) is 19.4 Å². The number of amides is 2. The number of carbonyl (C=O) groups excluding carboxylic acids is 1. The molecule has 2 N–H and O–H groups in total. The summed E-state index contributed by atoms with van der Waals surface area (Å²) in [5.41, 5.74) is 0.493. The zero-order valence-corrected chi connectivity index (χ0v) is 16.4. The quantitative estimate of drug-likeness (QED) is 0.647. The van der Waals surface area contributed by atoms with Gasteiger partial charge in [0.2, 0.25) is 0 Å². The van der Waals surface area contributed by atoms with Crippen LogP contribution in [0.1, 0.15) is 17.0 Å². The predicted molar refractivity (Wildman–Crippen MR) is 107 cm³/mol. The molecule has 3 aromatic rings. The summed E-state index contributed by atoms with van der Waals surface area (Å²) in [6, 6.07) is 7.85. The van der Waals surface area contributed by atoms with E-state index in [-0.39, 0.29) is 47.4 Å². The predicted octanol–water partition coefficient (Wildman–Crippen LogP) is 3.71. The molecule has 0 radical (unpaired) electrons. The molecule has 2 amide bonds. The monoisotopic (exact) mass is 435 g/mol. The van der Waals surface area contributed by atoms with Gasteiger partial charge in [0.1, 0.15) is 23.5 Å². The van der Waals surface area contributed by atoms with Crippen molar-refractivity contribution in [1.82, 2.24) is 15.3 Å². The lowest BCUT2D eigenvalue weighted by molar-refractivity contribution is 0.247. The fourth-order valence-electron chi connectivity index (χ4n) is 3.86. The van der Waals surface area contributed by atoms with Crippen molar-refractivity contribution in [2.24, 2.45) is 5.92 Å². The number of fused-ring (bicyclic) bond motifs is 3. The lowest BCUT2D eigenvalue weighted by Crippen LogP contribution is -2.32. The smallest absolute Gasteiger partial charge is 0.320 e. The molecule has 0 spiro atoms. The Morgan fingerprint density at radius 3 is 2.81 bits per heavy atom. The van der Waals surface area contributed by atoms with Gasteiger partial charge in [0.05, 0.1) is 24.6 Å². The van der Waals surface area contributed by atoms with E-state index in [0.29, 0.717) is 11.3 Å². The minimum atomic E-state index is -0.616. The molecule has 1 saturated carbocycles. The van der Waals surface area contributed by atoms with Crippen LogP contribution >= 0.6 is 0 Å². The molecule has 1 aliphatic heterocycles. The molecule has 1 aromatic carbocycles. The fourth-order valence-corrected chi connectivity index (χ4v) is 3.86.